The molecule has 23 heavy (non-hydrogen) atoms. The largest absolute Gasteiger partial charge is 0.379 e. The van der Waals surface area contributed by atoms with Crippen LogP contribution in [0.3, 0.4) is 0 Å². The van der Waals surface area contributed by atoms with Gasteiger partial charge in [0.05, 0.1) is 5.92 Å². The van der Waals surface area contributed by atoms with Gasteiger partial charge in [-0.15, -0.1) is 0 Å². The van der Waals surface area contributed by atoms with E-state index in [1.807, 2.05) is 30.4 Å². The maximum atomic E-state index is 12.9. The molecule has 0 bridgehead atoms. The van der Waals surface area contributed by atoms with Gasteiger partial charge in [0.25, 0.3) is 5.91 Å². The van der Waals surface area contributed by atoms with E-state index in [1.54, 1.807) is 6.07 Å². The van der Waals surface area contributed by atoms with Crippen LogP contribution in [0, 0.1) is 11.8 Å². The van der Waals surface area contributed by atoms with Gasteiger partial charge < -0.3 is 10.4 Å². The Balaban J connectivity index is 1.75. The molecular weight excluding hydrogens is 358 g/mol. The molecule has 1 aromatic carbocycles. The summed E-state index contributed by atoms with van der Waals surface area (Å²) in [4.78, 5) is 25.4. The quantitative estimate of drug-likeness (QED) is 0.794. The Labute approximate surface area is 142 Å². The number of halogens is 1. The zero-order chi connectivity index (χ0) is 16.2. The third kappa shape index (κ3) is 2.07. The van der Waals surface area contributed by atoms with Crippen LogP contribution in [0.1, 0.15) is 28.8 Å². The second-order valence-corrected chi connectivity index (χ2v) is 7.28. The van der Waals surface area contributed by atoms with Gasteiger partial charge in [0.1, 0.15) is 0 Å². The van der Waals surface area contributed by atoms with Crippen molar-refractivity contribution in [3.8, 4) is 0 Å². The van der Waals surface area contributed by atoms with Crippen LogP contribution in [0.2, 0.25) is 0 Å². The lowest BCUT2D eigenvalue weighted by atomic mass is 9.67. The van der Waals surface area contributed by atoms with E-state index >= 15 is 0 Å². The van der Waals surface area contributed by atoms with Crippen LogP contribution >= 0.6 is 15.9 Å². The van der Waals surface area contributed by atoms with Gasteiger partial charge in [0.15, 0.2) is 11.4 Å². The summed E-state index contributed by atoms with van der Waals surface area (Å²) >= 11 is 3.40. The SMILES string of the molecule is O=C1c2ccccc2CC[C@@H]1[C@@]1(O)C(=O)NC2=CC(Br)=CCC21. The first-order valence-corrected chi connectivity index (χ1v) is 8.54. The summed E-state index contributed by atoms with van der Waals surface area (Å²) in [7, 11) is 0. The van der Waals surface area contributed by atoms with E-state index in [4.69, 9.17) is 0 Å². The fourth-order valence-corrected chi connectivity index (χ4v) is 4.45. The summed E-state index contributed by atoms with van der Waals surface area (Å²) in [5.41, 5.74) is 0.659. The topological polar surface area (TPSA) is 66.4 Å². The van der Waals surface area contributed by atoms with Crippen molar-refractivity contribution in [3.05, 3.63) is 57.7 Å². The molecule has 1 aromatic rings. The number of amides is 1. The van der Waals surface area contributed by atoms with Gasteiger partial charge in [-0.1, -0.05) is 46.3 Å². The summed E-state index contributed by atoms with van der Waals surface area (Å²) in [5.74, 6) is -1.66. The number of aliphatic hydroxyl groups is 1. The zero-order valence-corrected chi connectivity index (χ0v) is 14.0. The van der Waals surface area contributed by atoms with Crippen molar-refractivity contribution in [2.75, 3.05) is 0 Å². The predicted molar refractivity (Wildman–Crippen MR) is 88.9 cm³/mol. The summed E-state index contributed by atoms with van der Waals surface area (Å²) < 4.78 is 0.883. The van der Waals surface area contributed by atoms with Crippen LogP contribution in [0.15, 0.2) is 46.6 Å². The highest BCUT2D eigenvalue weighted by Crippen LogP contribution is 2.46. The van der Waals surface area contributed by atoms with E-state index < -0.39 is 17.4 Å². The predicted octanol–water partition coefficient (Wildman–Crippen LogP) is 2.48. The molecule has 2 aliphatic carbocycles. The summed E-state index contributed by atoms with van der Waals surface area (Å²) in [6, 6.07) is 7.46. The number of allylic oxidation sites excluding steroid dienone is 3. The number of fused-ring (bicyclic) bond motifs is 2. The molecule has 2 N–H and O–H groups in total. The van der Waals surface area contributed by atoms with Gasteiger partial charge in [-0.2, -0.15) is 0 Å². The van der Waals surface area contributed by atoms with Crippen molar-refractivity contribution < 1.29 is 14.7 Å². The van der Waals surface area contributed by atoms with Crippen LogP contribution in [-0.4, -0.2) is 22.4 Å². The number of benzene rings is 1. The molecule has 1 amide bonds. The molecule has 4 rings (SSSR count). The van der Waals surface area contributed by atoms with Crippen LogP contribution < -0.4 is 5.32 Å². The Kier molecular flexibility index (Phi) is 3.32. The number of rotatable bonds is 1. The molecule has 0 saturated carbocycles. The van der Waals surface area contributed by atoms with Crippen LogP contribution in [0.4, 0.5) is 0 Å². The average molecular weight is 374 g/mol. The molecule has 0 spiro atoms. The van der Waals surface area contributed by atoms with E-state index in [0.717, 1.165) is 10.0 Å². The highest BCUT2D eigenvalue weighted by molar-refractivity contribution is 9.11. The number of carbonyl (C=O) groups excluding carboxylic acids is 2. The zero-order valence-electron chi connectivity index (χ0n) is 12.4. The minimum absolute atomic E-state index is 0.126. The molecular formula is C18H16BrNO3. The van der Waals surface area contributed by atoms with E-state index in [-0.39, 0.29) is 11.7 Å². The van der Waals surface area contributed by atoms with E-state index in [0.29, 0.717) is 30.5 Å². The van der Waals surface area contributed by atoms with E-state index in [2.05, 4.69) is 21.2 Å². The number of carbonyl (C=O) groups is 2. The first-order valence-electron chi connectivity index (χ1n) is 7.75. The molecule has 1 fully saturated rings. The molecule has 1 heterocycles. The lowest BCUT2D eigenvalue weighted by molar-refractivity contribution is -0.143. The van der Waals surface area contributed by atoms with Crippen molar-refractivity contribution >= 4 is 27.6 Å². The van der Waals surface area contributed by atoms with Gasteiger partial charge >= 0.3 is 0 Å². The van der Waals surface area contributed by atoms with Crippen LogP contribution in [0.5, 0.6) is 0 Å². The van der Waals surface area contributed by atoms with Gasteiger partial charge in [-0.05, 0) is 30.9 Å². The van der Waals surface area contributed by atoms with Crippen LogP contribution in [-0.2, 0) is 11.2 Å². The first-order chi connectivity index (χ1) is 11.0. The second-order valence-electron chi connectivity index (χ2n) is 6.37. The molecule has 0 aromatic heterocycles. The smallest absolute Gasteiger partial charge is 0.257 e. The van der Waals surface area contributed by atoms with E-state index in [9.17, 15) is 14.7 Å². The monoisotopic (exact) mass is 373 g/mol. The van der Waals surface area contributed by atoms with Gasteiger partial charge in [-0.3, -0.25) is 9.59 Å². The molecule has 1 unspecified atom stereocenters. The van der Waals surface area contributed by atoms with Crippen molar-refractivity contribution in [1.29, 1.82) is 0 Å². The molecule has 118 valence electrons. The number of hydrogen-bond acceptors (Lipinski definition) is 3. The summed E-state index contributed by atoms with van der Waals surface area (Å²) in [6.45, 7) is 0. The minimum Gasteiger partial charge on any atom is -0.379 e. The summed E-state index contributed by atoms with van der Waals surface area (Å²) in [5, 5.41) is 14.0. The summed E-state index contributed by atoms with van der Waals surface area (Å²) in [6.07, 6.45) is 5.47. The Morgan fingerprint density at radius 1 is 1.22 bits per heavy atom. The molecule has 0 radical (unpaired) electrons. The van der Waals surface area contributed by atoms with Crippen molar-refractivity contribution in [3.63, 3.8) is 0 Å². The van der Waals surface area contributed by atoms with E-state index in [1.165, 1.54) is 0 Å². The third-order valence-corrected chi connectivity index (χ3v) is 5.76. The maximum absolute atomic E-state index is 12.9. The van der Waals surface area contributed by atoms with Gasteiger partial charge in [-0.25, -0.2) is 0 Å². The first kappa shape index (κ1) is 14.8. The van der Waals surface area contributed by atoms with Gasteiger partial charge in [0, 0.05) is 21.7 Å². The van der Waals surface area contributed by atoms with Crippen LogP contribution in [0.25, 0.3) is 0 Å². The lowest BCUT2D eigenvalue weighted by Crippen LogP contribution is -2.53. The average Bonchev–Trinajstić information content (AvgIpc) is 2.79. The fraction of sp³-hybridized carbons (Fsp3) is 0.333. The van der Waals surface area contributed by atoms with Crippen molar-refractivity contribution in [2.45, 2.75) is 24.9 Å². The number of ketones is 1. The Morgan fingerprint density at radius 2 is 2.00 bits per heavy atom. The van der Waals surface area contributed by atoms with Crippen molar-refractivity contribution in [2.24, 2.45) is 11.8 Å². The fourth-order valence-electron chi connectivity index (χ4n) is 4.01. The normalized spacial score (nSPS) is 32.6. The van der Waals surface area contributed by atoms with Crippen molar-refractivity contribution in [1.82, 2.24) is 5.32 Å². The Bertz CT molecular complexity index is 782. The molecule has 3 aliphatic rings. The molecule has 4 nitrogen and oxygen atoms in total. The highest BCUT2D eigenvalue weighted by Gasteiger charge is 2.59. The maximum Gasteiger partial charge on any atom is 0.257 e. The number of aryl methyl sites for hydroxylation is 1. The second kappa shape index (κ2) is 5.14. The van der Waals surface area contributed by atoms with Gasteiger partial charge in [0.2, 0.25) is 0 Å². The number of Topliss-reactive ketones (excluding diaryl/α,β-unsaturated/α-hetero) is 1. The molecule has 5 heteroatoms. The lowest BCUT2D eigenvalue weighted by Gasteiger charge is -2.37. The number of hydrogen-bond donors (Lipinski definition) is 2. The molecule has 1 saturated heterocycles. The number of nitrogens with one attached hydrogen (secondary N) is 1. The molecule has 1 aliphatic heterocycles. The Hall–Kier alpha value is -1.72. The molecule has 3 atom stereocenters. The Morgan fingerprint density at radius 3 is 2.83 bits per heavy atom. The highest BCUT2D eigenvalue weighted by atomic mass is 79.9. The third-order valence-electron chi connectivity index (χ3n) is 5.20. The standard InChI is InChI=1S/C18H16BrNO3/c19-11-6-8-13-15(9-11)20-17(22)18(13,23)14-7-5-10-3-1-2-4-12(10)16(14)21/h1-4,6,9,13-14,23H,5,7-8H2,(H,20,22)/t13?,14-,18+/m0/s1. The minimum atomic E-state index is -1.67.